The van der Waals surface area contributed by atoms with Crippen molar-refractivity contribution in [2.24, 2.45) is 0 Å². The summed E-state index contributed by atoms with van der Waals surface area (Å²) in [6.07, 6.45) is 0.0251. The lowest BCUT2D eigenvalue weighted by molar-refractivity contribution is -0.137. The molecule has 0 spiro atoms. The van der Waals surface area contributed by atoms with Crippen molar-refractivity contribution in [1.29, 1.82) is 0 Å². The first-order chi connectivity index (χ1) is 6.25. The van der Waals surface area contributed by atoms with E-state index in [-0.39, 0.29) is 18.7 Å². The Balaban J connectivity index is 2.66. The Labute approximate surface area is 81.3 Å². The number of carboxylic acid groups (broad SMARTS) is 1. The molecule has 1 aliphatic heterocycles. The summed E-state index contributed by atoms with van der Waals surface area (Å²) in [5, 5.41) is 22.9. The van der Waals surface area contributed by atoms with E-state index in [4.69, 9.17) is 5.11 Å². The minimum atomic E-state index is -1.45. The van der Waals surface area contributed by atoms with Gasteiger partial charge in [-0.2, -0.15) is 0 Å². The Bertz CT molecular complexity index is 277. The number of nitrogens with one attached hydrogen (secondary N) is 2. The Morgan fingerprint density at radius 2 is 2.07 bits per heavy atom. The van der Waals surface area contributed by atoms with E-state index in [0.717, 1.165) is 0 Å². The molecule has 0 saturated carbocycles. The van der Waals surface area contributed by atoms with Gasteiger partial charge in [0.1, 0.15) is 0 Å². The summed E-state index contributed by atoms with van der Waals surface area (Å²) >= 11 is 0. The Hall–Kier alpha value is -1.14. The van der Waals surface area contributed by atoms with E-state index in [1.54, 1.807) is 6.92 Å². The average Bonchev–Trinajstić information content (AvgIpc) is 2.18. The van der Waals surface area contributed by atoms with Gasteiger partial charge in [-0.3, -0.25) is 14.9 Å². The van der Waals surface area contributed by atoms with E-state index in [9.17, 15) is 14.7 Å². The summed E-state index contributed by atoms with van der Waals surface area (Å²) in [4.78, 5) is 21.7. The largest absolute Gasteiger partial charge is 0.481 e. The van der Waals surface area contributed by atoms with Gasteiger partial charge in [0.25, 0.3) is 0 Å². The van der Waals surface area contributed by atoms with Crippen molar-refractivity contribution in [1.82, 2.24) is 10.6 Å². The maximum Gasteiger partial charge on any atom is 0.303 e. The first-order valence-electron chi connectivity index (χ1n) is 4.31. The van der Waals surface area contributed by atoms with Crippen LogP contribution in [-0.2, 0) is 9.59 Å². The molecule has 1 aliphatic rings. The van der Waals surface area contributed by atoms with E-state index >= 15 is 0 Å². The smallest absolute Gasteiger partial charge is 0.303 e. The van der Waals surface area contributed by atoms with Crippen molar-refractivity contribution in [3.63, 3.8) is 0 Å². The van der Waals surface area contributed by atoms with Gasteiger partial charge in [-0.25, -0.2) is 0 Å². The number of hydrogen-bond acceptors (Lipinski definition) is 4. The molecule has 80 valence electrons. The lowest BCUT2D eigenvalue weighted by Gasteiger charge is -2.23. The van der Waals surface area contributed by atoms with Crippen molar-refractivity contribution in [2.75, 3.05) is 0 Å². The van der Waals surface area contributed by atoms with Gasteiger partial charge in [0.2, 0.25) is 5.91 Å². The zero-order chi connectivity index (χ0) is 11.0. The SMILES string of the molecule is CC1(O)NC(=O)[C@@](C)(CCC(=O)O)N1. The van der Waals surface area contributed by atoms with Crippen LogP contribution >= 0.6 is 0 Å². The van der Waals surface area contributed by atoms with Crippen LogP contribution in [0.4, 0.5) is 0 Å². The second-order valence-electron chi connectivity index (χ2n) is 3.88. The Kier molecular flexibility index (Phi) is 2.51. The molecule has 1 amide bonds. The van der Waals surface area contributed by atoms with Crippen molar-refractivity contribution >= 4 is 11.9 Å². The zero-order valence-corrected chi connectivity index (χ0v) is 8.13. The second-order valence-corrected chi connectivity index (χ2v) is 3.88. The maximum atomic E-state index is 11.4. The third-order valence-corrected chi connectivity index (χ3v) is 2.22. The van der Waals surface area contributed by atoms with E-state index in [1.165, 1.54) is 6.92 Å². The van der Waals surface area contributed by atoms with Crippen molar-refractivity contribution < 1.29 is 19.8 Å². The van der Waals surface area contributed by atoms with Crippen LogP contribution in [0.5, 0.6) is 0 Å². The highest BCUT2D eigenvalue weighted by molar-refractivity contribution is 5.89. The number of carbonyl (C=O) groups excluding carboxylic acids is 1. The van der Waals surface area contributed by atoms with Crippen molar-refractivity contribution in [2.45, 2.75) is 38.1 Å². The molecule has 0 aliphatic carbocycles. The van der Waals surface area contributed by atoms with Crippen molar-refractivity contribution in [3.8, 4) is 0 Å². The zero-order valence-electron chi connectivity index (χ0n) is 8.13. The molecular weight excluding hydrogens is 188 g/mol. The molecule has 1 rings (SSSR count). The van der Waals surface area contributed by atoms with E-state index in [1.807, 2.05) is 0 Å². The normalized spacial score (nSPS) is 36.9. The van der Waals surface area contributed by atoms with Gasteiger partial charge in [0.05, 0.1) is 5.54 Å². The number of carboxylic acids is 1. The second kappa shape index (κ2) is 3.21. The molecule has 0 bridgehead atoms. The van der Waals surface area contributed by atoms with Gasteiger partial charge in [-0.15, -0.1) is 0 Å². The summed E-state index contributed by atoms with van der Waals surface area (Å²) < 4.78 is 0. The lowest BCUT2D eigenvalue weighted by atomic mass is 9.96. The fourth-order valence-corrected chi connectivity index (χ4v) is 1.52. The molecule has 14 heavy (non-hydrogen) atoms. The monoisotopic (exact) mass is 202 g/mol. The molecule has 1 saturated heterocycles. The van der Waals surface area contributed by atoms with Crippen molar-refractivity contribution in [3.05, 3.63) is 0 Å². The van der Waals surface area contributed by atoms with Gasteiger partial charge < -0.3 is 15.5 Å². The van der Waals surface area contributed by atoms with Crippen LogP contribution in [0.2, 0.25) is 0 Å². The first-order valence-corrected chi connectivity index (χ1v) is 4.31. The predicted octanol–water partition coefficient (Wildman–Crippen LogP) is -1.00. The summed E-state index contributed by atoms with van der Waals surface area (Å²) in [5.74, 6) is -2.80. The van der Waals surface area contributed by atoms with Crippen LogP contribution in [0.15, 0.2) is 0 Å². The number of hydrogen-bond donors (Lipinski definition) is 4. The average molecular weight is 202 g/mol. The molecule has 1 fully saturated rings. The maximum absolute atomic E-state index is 11.4. The van der Waals surface area contributed by atoms with Crippen LogP contribution in [0.1, 0.15) is 26.7 Å². The molecule has 6 nitrogen and oxygen atoms in total. The number of amides is 1. The Morgan fingerprint density at radius 3 is 2.43 bits per heavy atom. The third-order valence-electron chi connectivity index (χ3n) is 2.22. The van der Waals surface area contributed by atoms with E-state index in [2.05, 4.69) is 10.6 Å². The molecular formula is C8H14N2O4. The van der Waals surface area contributed by atoms with Gasteiger partial charge >= 0.3 is 5.97 Å². The number of aliphatic hydroxyl groups is 1. The fourth-order valence-electron chi connectivity index (χ4n) is 1.52. The van der Waals surface area contributed by atoms with Crippen LogP contribution < -0.4 is 10.6 Å². The van der Waals surface area contributed by atoms with Gasteiger partial charge in [-0.1, -0.05) is 0 Å². The van der Waals surface area contributed by atoms with Crippen LogP contribution in [0.25, 0.3) is 0 Å². The minimum absolute atomic E-state index is 0.118. The molecule has 4 N–H and O–H groups in total. The standard InChI is InChI=1S/C8H14N2O4/c1-7(4-3-5(11)12)6(13)9-8(2,14)10-7/h10,14H,3-4H2,1-2H3,(H,9,13)(H,11,12)/t7-,8?/m1/s1. The number of rotatable bonds is 3. The quantitative estimate of drug-likeness (QED) is 0.470. The fraction of sp³-hybridized carbons (Fsp3) is 0.750. The molecule has 0 radical (unpaired) electrons. The lowest BCUT2D eigenvalue weighted by Crippen LogP contribution is -2.50. The number of carbonyl (C=O) groups is 2. The van der Waals surface area contributed by atoms with Crippen LogP contribution in [0, 0.1) is 0 Å². The van der Waals surface area contributed by atoms with Crippen LogP contribution in [0.3, 0.4) is 0 Å². The topological polar surface area (TPSA) is 98.7 Å². The molecule has 1 unspecified atom stereocenters. The first kappa shape index (κ1) is 10.9. The summed E-state index contributed by atoms with van der Waals surface area (Å²) in [6, 6.07) is 0. The Morgan fingerprint density at radius 1 is 1.50 bits per heavy atom. The summed E-state index contributed by atoms with van der Waals surface area (Å²) in [5.41, 5.74) is -1.01. The predicted molar refractivity (Wildman–Crippen MR) is 47.2 cm³/mol. The molecule has 0 aromatic carbocycles. The van der Waals surface area contributed by atoms with Gasteiger partial charge in [0.15, 0.2) is 5.85 Å². The number of aliphatic carboxylic acids is 1. The highest BCUT2D eigenvalue weighted by atomic mass is 16.4. The van der Waals surface area contributed by atoms with Gasteiger partial charge in [-0.05, 0) is 20.3 Å². The molecule has 1 heterocycles. The third kappa shape index (κ3) is 2.21. The highest BCUT2D eigenvalue weighted by Crippen LogP contribution is 2.21. The highest BCUT2D eigenvalue weighted by Gasteiger charge is 2.47. The van der Waals surface area contributed by atoms with E-state index in [0.29, 0.717) is 0 Å². The van der Waals surface area contributed by atoms with Gasteiger partial charge in [0, 0.05) is 6.42 Å². The van der Waals surface area contributed by atoms with Crippen LogP contribution in [-0.4, -0.2) is 33.5 Å². The minimum Gasteiger partial charge on any atom is -0.481 e. The molecule has 0 aromatic heterocycles. The summed E-state index contributed by atoms with van der Waals surface area (Å²) in [7, 11) is 0. The van der Waals surface area contributed by atoms with E-state index < -0.39 is 17.4 Å². The summed E-state index contributed by atoms with van der Waals surface area (Å²) in [6.45, 7) is 2.96. The molecule has 2 atom stereocenters. The molecule has 6 heteroatoms. The molecule has 0 aromatic rings.